The van der Waals surface area contributed by atoms with Gasteiger partial charge in [0, 0.05) is 13.0 Å². The van der Waals surface area contributed by atoms with Gasteiger partial charge >= 0.3 is 16.4 Å². The third kappa shape index (κ3) is 30.7. The second-order valence-electron chi connectivity index (χ2n) is 16.4. The van der Waals surface area contributed by atoms with Gasteiger partial charge in [-0.1, -0.05) is 194 Å². The van der Waals surface area contributed by atoms with Crippen LogP contribution in [-0.4, -0.2) is 97.5 Å². The van der Waals surface area contributed by atoms with Crippen molar-refractivity contribution < 1.29 is 56.2 Å². The van der Waals surface area contributed by atoms with Crippen molar-refractivity contribution in [2.75, 3.05) is 26.4 Å². The van der Waals surface area contributed by atoms with Crippen LogP contribution < -0.4 is 0 Å². The van der Waals surface area contributed by atoms with Gasteiger partial charge in [-0.3, -0.25) is 9.35 Å². The summed E-state index contributed by atoms with van der Waals surface area (Å²) in [5, 5.41) is 30.5. The zero-order valence-electron chi connectivity index (χ0n) is 36.2. The fourth-order valence-corrected chi connectivity index (χ4v) is 7.95. The third-order valence-electron chi connectivity index (χ3n) is 11.0. The third-order valence-corrected chi connectivity index (χ3v) is 11.4. The van der Waals surface area contributed by atoms with E-state index in [2.05, 4.69) is 18.0 Å². The highest BCUT2D eigenvalue weighted by molar-refractivity contribution is 7.80. The van der Waals surface area contributed by atoms with Crippen molar-refractivity contribution in [1.29, 1.82) is 0 Å². The Morgan fingerprint density at radius 1 is 0.596 bits per heavy atom. The van der Waals surface area contributed by atoms with Crippen LogP contribution in [0.2, 0.25) is 0 Å². The summed E-state index contributed by atoms with van der Waals surface area (Å²) in [6.07, 6.45) is 29.3. The number of ether oxygens (including phenoxy) is 4. The molecular formula is C44H86O12S. The first-order chi connectivity index (χ1) is 27.6. The molecule has 57 heavy (non-hydrogen) atoms. The summed E-state index contributed by atoms with van der Waals surface area (Å²) in [5.41, 5.74) is 0. The molecule has 0 aliphatic carbocycles. The molecular weight excluding hydrogens is 753 g/mol. The van der Waals surface area contributed by atoms with Crippen LogP contribution in [0.4, 0.5) is 0 Å². The number of aliphatic hydroxyl groups excluding tert-OH is 3. The summed E-state index contributed by atoms with van der Waals surface area (Å²) in [6, 6.07) is 0. The van der Waals surface area contributed by atoms with Crippen LogP contribution in [0.15, 0.2) is 0 Å². The van der Waals surface area contributed by atoms with Gasteiger partial charge in [0.1, 0.15) is 30.5 Å². The normalized spacial score (nSPS) is 20.6. The van der Waals surface area contributed by atoms with E-state index in [0.29, 0.717) is 13.0 Å². The molecule has 0 aromatic rings. The maximum atomic E-state index is 12.6. The highest BCUT2D eigenvalue weighted by Crippen LogP contribution is 2.26. The predicted molar refractivity (Wildman–Crippen MR) is 225 cm³/mol. The van der Waals surface area contributed by atoms with Gasteiger partial charge in [0.25, 0.3) is 0 Å². The lowest BCUT2D eigenvalue weighted by Crippen LogP contribution is -2.60. The minimum absolute atomic E-state index is 0.0425. The minimum Gasteiger partial charge on any atom is -0.457 e. The van der Waals surface area contributed by atoms with Gasteiger partial charge in [-0.2, -0.15) is 8.42 Å². The molecule has 13 heteroatoms. The van der Waals surface area contributed by atoms with E-state index in [-0.39, 0.29) is 19.6 Å². The van der Waals surface area contributed by atoms with Gasteiger partial charge in [0.15, 0.2) is 6.29 Å². The molecule has 6 atom stereocenters. The molecule has 1 fully saturated rings. The molecule has 12 nitrogen and oxygen atoms in total. The number of hydrogen-bond acceptors (Lipinski definition) is 11. The lowest BCUT2D eigenvalue weighted by Gasteiger charge is -2.41. The quantitative estimate of drug-likeness (QED) is 0.0261. The Morgan fingerprint density at radius 3 is 1.40 bits per heavy atom. The lowest BCUT2D eigenvalue weighted by molar-refractivity contribution is -0.301. The number of aliphatic hydroxyl groups is 3. The molecule has 1 aliphatic rings. The van der Waals surface area contributed by atoms with Crippen LogP contribution in [0.25, 0.3) is 0 Å². The summed E-state index contributed by atoms with van der Waals surface area (Å²) in [4.78, 5) is 12.6. The van der Waals surface area contributed by atoms with Gasteiger partial charge in [0.2, 0.25) is 0 Å². The number of carbonyl (C=O) groups excluding carboxylic acids is 1. The summed E-state index contributed by atoms with van der Waals surface area (Å²) in [7, 11) is -5.05. The molecule has 0 saturated carbocycles. The molecule has 0 radical (unpaired) electrons. The Balaban J connectivity index is 2.17. The van der Waals surface area contributed by atoms with Crippen LogP contribution >= 0.6 is 0 Å². The summed E-state index contributed by atoms with van der Waals surface area (Å²) in [5.74, 6) is -0.407. The van der Waals surface area contributed by atoms with Crippen LogP contribution in [0, 0.1) is 0 Å². The maximum absolute atomic E-state index is 12.6. The largest absolute Gasteiger partial charge is 0.457 e. The highest BCUT2D eigenvalue weighted by Gasteiger charge is 2.48. The van der Waals surface area contributed by atoms with Gasteiger partial charge < -0.3 is 34.3 Å². The monoisotopic (exact) mass is 839 g/mol. The van der Waals surface area contributed by atoms with Gasteiger partial charge in [0.05, 0.1) is 19.8 Å². The molecule has 1 heterocycles. The second kappa shape index (κ2) is 36.9. The SMILES string of the molecule is CCCCCCCCCCCCCCCCCCCCCCCCCCCOCC(COC1OC(CO)C(O)C(OS(=O)(=O)O)C1O)OC(=O)CCCCCCC. The second-order valence-corrected chi connectivity index (χ2v) is 17.4. The lowest BCUT2D eigenvalue weighted by atomic mass is 9.99. The van der Waals surface area contributed by atoms with Crippen molar-refractivity contribution in [3.63, 3.8) is 0 Å². The predicted octanol–water partition coefficient (Wildman–Crippen LogP) is 9.69. The van der Waals surface area contributed by atoms with Gasteiger partial charge in [-0.05, 0) is 12.8 Å². The Labute approximate surface area is 347 Å². The van der Waals surface area contributed by atoms with Gasteiger partial charge in [-0.15, -0.1) is 0 Å². The minimum atomic E-state index is -5.05. The molecule has 1 saturated heterocycles. The first-order valence-corrected chi connectivity index (χ1v) is 24.7. The summed E-state index contributed by atoms with van der Waals surface area (Å²) in [6.45, 7) is 3.92. The number of esters is 1. The Morgan fingerprint density at radius 2 is 1.00 bits per heavy atom. The standard InChI is InChI=1S/C44H86O12S/c1-3-5-7-9-10-11-12-13-14-15-16-17-18-19-20-21-22-23-24-25-26-27-28-30-32-34-52-36-38(54-40(46)33-31-29-8-6-4-2)37-53-44-42(48)43(56-57(49,50)51)41(47)39(35-45)55-44/h38-39,41-45,47-48H,3-37H2,1-2H3,(H,49,50,51). The Kier molecular flexibility index (Phi) is 35.0. The number of hydrogen-bond donors (Lipinski definition) is 4. The fourth-order valence-electron chi connectivity index (χ4n) is 7.44. The summed E-state index contributed by atoms with van der Waals surface area (Å²) < 4.78 is 58.7. The Hall–Kier alpha value is -0.900. The van der Waals surface area contributed by atoms with Crippen molar-refractivity contribution in [2.24, 2.45) is 0 Å². The number of carbonyl (C=O) groups is 1. The molecule has 0 bridgehead atoms. The topological polar surface area (TPSA) is 178 Å². The van der Waals surface area contributed by atoms with E-state index >= 15 is 0 Å². The molecule has 0 aromatic carbocycles. The maximum Gasteiger partial charge on any atom is 0.397 e. The average Bonchev–Trinajstić information content (AvgIpc) is 3.18. The van der Waals surface area contributed by atoms with E-state index in [1.807, 2.05) is 0 Å². The molecule has 6 unspecified atom stereocenters. The van der Waals surface area contributed by atoms with Crippen LogP contribution in [0.5, 0.6) is 0 Å². The molecule has 0 spiro atoms. The smallest absolute Gasteiger partial charge is 0.397 e. The van der Waals surface area contributed by atoms with E-state index in [0.717, 1.165) is 44.9 Å². The van der Waals surface area contributed by atoms with Crippen molar-refractivity contribution in [2.45, 2.75) is 250 Å². The molecule has 0 amide bonds. The average molecular weight is 839 g/mol. The Bertz CT molecular complexity index is 1020. The van der Waals surface area contributed by atoms with Crippen molar-refractivity contribution in [3.05, 3.63) is 0 Å². The van der Waals surface area contributed by atoms with Crippen molar-refractivity contribution in [1.82, 2.24) is 0 Å². The van der Waals surface area contributed by atoms with Crippen LogP contribution in [-0.2, 0) is 38.3 Å². The first kappa shape index (κ1) is 54.1. The van der Waals surface area contributed by atoms with E-state index < -0.39 is 59.8 Å². The molecule has 1 aliphatic heterocycles. The highest BCUT2D eigenvalue weighted by atomic mass is 32.3. The number of rotatable bonds is 41. The van der Waals surface area contributed by atoms with Crippen LogP contribution in [0.1, 0.15) is 213 Å². The molecule has 0 aromatic heterocycles. The summed E-state index contributed by atoms with van der Waals surface area (Å²) >= 11 is 0. The van der Waals surface area contributed by atoms with Gasteiger partial charge in [-0.25, -0.2) is 4.18 Å². The molecule has 4 N–H and O–H groups in total. The van der Waals surface area contributed by atoms with E-state index in [1.54, 1.807) is 0 Å². The van der Waals surface area contributed by atoms with E-state index in [1.165, 1.54) is 141 Å². The fraction of sp³-hybridized carbons (Fsp3) is 0.977. The number of unbranched alkanes of at least 4 members (excludes halogenated alkanes) is 28. The van der Waals surface area contributed by atoms with Crippen molar-refractivity contribution in [3.8, 4) is 0 Å². The zero-order chi connectivity index (χ0) is 41.8. The van der Waals surface area contributed by atoms with E-state index in [4.69, 9.17) is 23.5 Å². The zero-order valence-corrected chi connectivity index (χ0v) is 37.0. The van der Waals surface area contributed by atoms with Crippen molar-refractivity contribution >= 4 is 16.4 Å². The van der Waals surface area contributed by atoms with Crippen LogP contribution in [0.3, 0.4) is 0 Å². The molecule has 340 valence electrons. The molecule has 1 rings (SSSR count). The van der Waals surface area contributed by atoms with E-state index in [9.17, 15) is 28.5 Å². The first-order valence-electron chi connectivity index (χ1n) is 23.3.